The Kier molecular flexibility index (Phi) is 8.25. The van der Waals surface area contributed by atoms with Gasteiger partial charge in [-0.05, 0) is 61.6 Å². The molecule has 0 aliphatic rings. The van der Waals surface area contributed by atoms with Crippen LogP contribution in [0.15, 0.2) is 59.4 Å². The van der Waals surface area contributed by atoms with Crippen LogP contribution in [0.4, 0.5) is 4.39 Å². The van der Waals surface area contributed by atoms with Gasteiger partial charge in [0.05, 0.1) is 33.9 Å². The van der Waals surface area contributed by atoms with Crippen LogP contribution in [0.2, 0.25) is 5.02 Å². The van der Waals surface area contributed by atoms with Gasteiger partial charge in [-0.25, -0.2) is 9.37 Å². The number of benzene rings is 2. The Morgan fingerprint density at radius 1 is 1.03 bits per heavy atom. The fourth-order valence-corrected chi connectivity index (χ4v) is 4.65. The molecule has 0 saturated heterocycles. The van der Waals surface area contributed by atoms with Gasteiger partial charge in [-0.15, -0.1) is 0 Å². The lowest BCUT2D eigenvalue weighted by atomic mass is 10.2. The predicted molar refractivity (Wildman–Crippen MR) is 148 cm³/mol. The molecule has 2 heterocycles. The largest absolute Gasteiger partial charge is 0.378 e. The third-order valence-electron chi connectivity index (χ3n) is 5.81. The lowest BCUT2D eigenvalue weighted by Gasteiger charge is -2.17. The van der Waals surface area contributed by atoms with Gasteiger partial charge in [0.15, 0.2) is 11.6 Å². The molecule has 0 radical (unpaired) electrons. The van der Waals surface area contributed by atoms with Crippen molar-refractivity contribution in [3.8, 4) is 11.4 Å². The summed E-state index contributed by atoms with van der Waals surface area (Å²) in [5.41, 5.74) is 1.13. The number of hydrogen-bond donors (Lipinski definition) is 0. The first-order valence-electron chi connectivity index (χ1n) is 11.9. The van der Waals surface area contributed by atoms with Gasteiger partial charge in [-0.1, -0.05) is 43.6 Å². The lowest BCUT2D eigenvalue weighted by molar-refractivity contribution is 0.292. The Morgan fingerprint density at radius 3 is 2.45 bits per heavy atom. The van der Waals surface area contributed by atoms with E-state index in [0.717, 1.165) is 31.1 Å². The highest BCUT2D eigenvalue weighted by Gasteiger charge is 2.22. The number of halogens is 2. The molecule has 0 amide bonds. The van der Waals surface area contributed by atoms with Gasteiger partial charge in [-0.2, -0.15) is 8.42 Å². The smallest absolute Gasteiger partial charge is 0.306 e. The number of fused-ring (bicyclic) bond motifs is 1. The average Bonchev–Trinajstić information content (AvgIpc) is 2.88. The fraction of sp³-hybridized carbons (Fsp3) is 0.222. The third kappa shape index (κ3) is 6.09. The monoisotopic (exact) mass is 556 g/mol. The zero-order chi connectivity index (χ0) is 27.4. The van der Waals surface area contributed by atoms with Crippen LogP contribution in [0.5, 0.6) is 5.75 Å². The maximum atomic E-state index is 14.7. The molecule has 0 saturated carbocycles. The topological polar surface area (TPSA) is 94.4 Å². The number of para-hydroxylation sites is 1. The van der Waals surface area contributed by atoms with Crippen LogP contribution in [0.1, 0.15) is 31.1 Å². The summed E-state index contributed by atoms with van der Waals surface area (Å²) >= 11 is 6.42. The highest BCUT2D eigenvalue weighted by atomic mass is 35.5. The SMILES string of the molecule is CCN(CC)Cc1cccc(/C=C/c2nc3ccc(F)c(OS(C)(=O)=O)c3c(=O)n2-c2ccccc2Cl)n1. The zero-order valence-corrected chi connectivity index (χ0v) is 22.6. The van der Waals surface area contributed by atoms with E-state index < -0.39 is 27.2 Å². The van der Waals surface area contributed by atoms with Crippen molar-refractivity contribution in [2.75, 3.05) is 19.3 Å². The standard InChI is InChI=1S/C27H26ClFN4O4S/c1-4-32(5-2)17-19-10-8-9-18(30-19)13-16-24-31-22-15-14-21(29)26(37-38(3,35)36)25(22)27(34)33(24)23-12-7-6-11-20(23)28/h6-16H,4-5,17H2,1-3H3/b16-13+. The molecule has 0 fully saturated rings. The van der Waals surface area contributed by atoms with Crippen molar-refractivity contribution in [3.05, 3.63) is 93.0 Å². The number of aromatic nitrogens is 3. The first-order valence-corrected chi connectivity index (χ1v) is 14.1. The average molecular weight is 557 g/mol. The van der Waals surface area contributed by atoms with Crippen LogP contribution in [0.3, 0.4) is 0 Å². The summed E-state index contributed by atoms with van der Waals surface area (Å²) in [7, 11) is -4.13. The molecule has 4 aromatic rings. The lowest BCUT2D eigenvalue weighted by Crippen LogP contribution is -2.24. The molecule has 2 aromatic heterocycles. The quantitative estimate of drug-likeness (QED) is 0.270. The summed E-state index contributed by atoms with van der Waals surface area (Å²) in [6.45, 7) is 6.67. The Balaban J connectivity index is 1.91. The van der Waals surface area contributed by atoms with Crippen molar-refractivity contribution in [2.45, 2.75) is 20.4 Å². The Labute approximate surface area is 225 Å². The van der Waals surface area contributed by atoms with Gasteiger partial charge < -0.3 is 4.18 Å². The van der Waals surface area contributed by atoms with Gasteiger partial charge in [-0.3, -0.25) is 19.2 Å². The van der Waals surface area contributed by atoms with E-state index in [9.17, 15) is 17.6 Å². The number of rotatable bonds is 9. The van der Waals surface area contributed by atoms with Crippen molar-refractivity contribution in [1.82, 2.24) is 19.4 Å². The summed E-state index contributed by atoms with van der Waals surface area (Å²) in [6.07, 6.45) is 4.09. The second-order valence-electron chi connectivity index (χ2n) is 8.47. The van der Waals surface area contributed by atoms with Gasteiger partial charge in [0, 0.05) is 6.54 Å². The summed E-state index contributed by atoms with van der Waals surface area (Å²) in [5.74, 6) is -1.54. The van der Waals surface area contributed by atoms with Crippen molar-refractivity contribution in [3.63, 3.8) is 0 Å². The van der Waals surface area contributed by atoms with Gasteiger partial charge in [0.2, 0.25) is 0 Å². The van der Waals surface area contributed by atoms with E-state index in [1.54, 1.807) is 36.4 Å². The van der Waals surface area contributed by atoms with Crippen LogP contribution >= 0.6 is 11.6 Å². The molecule has 198 valence electrons. The zero-order valence-electron chi connectivity index (χ0n) is 21.1. The molecule has 0 N–H and O–H groups in total. The molecule has 11 heteroatoms. The minimum absolute atomic E-state index is 0.0567. The fourth-order valence-electron chi connectivity index (χ4n) is 3.96. The number of pyridine rings is 1. The van der Waals surface area contributed by atoms with Crippen LogP contribution < -0.4 is 9.74 Å². The third-order valence-corrected chi connectivity index (χ3v) is 6.60. The molecule has 4 rings (SSSR count). The first kappa shape index (κ1) is 27.4. The van der Waals surface area contributed by atoms with Gasteiger partial charge in [0.25, 0.3) is 5.56 Å². The molecule has 38 heavy (non-hydrogen) atoms. The number of hydrogen-bond acceptors (Lipinski definition) is 7. The van der Waals surface area contributed by atoms with E-state index in [-0.39, 0.29) is 27.4 Å². The van der Waals surface area contributed by atoms with E-state index >= 15 is 0 Å². The maximum absolute atomic E-state index is 14.7. The van der Waals surface area contributed by atoms with E-state index in [1.807, 2.05) is 18.2 Å². The Bertz CT molecular complexity index is 1680. The van der Waals surface area contributed by atoms with Crippen molar-refractivity contribution < 1.29 is 17.0 Å². The Hall–Kier alpha value is -3.60. The second kappa shape index (κ2) is 11.4. The van der Waals surface area contributed by atoms with Crippen molar-refractivity contribution in [2.24, 2.45) is 0 Å². The normalized spacial score (nSPS) is 12.1. The van der Waals surface area contributed by atoms with E-state index in [2.05, 4.69) is 28.7 Å². The molecular formula is C27H26ClFN4O4S. The summed E-state index contributed by atoms with van der Waals surface area (Å²) in [4.78, 5) is 25.2. The molecule has 0 aliphatic carbocycles. The molecule has 0 atom stereocenters. The van der Waals surface area contributed by atoms with E-state index in [0.29, 0.717) is 12.2 Å². The molecule has 0 unspecified atom stereocenters. The maximum Gasteiger partial charge on any atom is 0.306 e. The van der Waals surface area contributed by atoms with Gasteiger partial charge in [0.1, 0.15) is 11.2 Å². The number of nitrogens with zero attached hydrogens (tertiary/aromatic N) is 4. The second-order valence-corrected chi connectivity index (χ2v) is 10.5. The van der Waals surface area contributed by atoms with Crippen LogP contribution in [-0.2, 0) is 16.7 Å². The first-order chi connectivity index (χ1) is 18.1. The summed E-state index contributed by atoms with van der Waals surface area (Å²) in [5, 5.41) is -0.0847. The summed E-state index contributed by atoms with van der Waals surface area (Å²) in [6, 6.07) is 14.5. The van der Waals surface area contributed by atoms with Gasteiger partial charge >= 0.3 is 10.1 Å². The molecular weight excluding hydrogens is 531 g/mol. The van der Waals surface area contributed by atoms with Crippen LogP contribution in [0, 0.1) is 5.82 Å². The van der Waals surface area contributed by atoms with Crippen molar-refractivity contribution in [1.29, 1.82) is 0 Å². The predicted octanol–water partition coefficient (Wildman–Crippen LogP) is 4.92. The van der Waals surface area contributed by atoms with E-state index in [4.69, 9.17) is 15.8 Å². The highest BCUT2D eigenvalue weighted by Crippen LogP contribution is 2.29. The molecule has 0 spiro atoms. The van der Waals surface area contributed by atoms with Crippen LogP contribution in [0.25, 0.3) is 28.7 Å². The van der Waals surface area contributed by atoms with Crippen molar-refractivity contribution >= 4 is 44.8 Å². The molecule has 8 nitrogen and oxygen atoms in total. The molecule has 0 aliphatic heterocycles. The molecule has 0 bridgehead atoms. The Morgan fingerprint density at radius 2 is 1.76 bits per heavy atom. The highest BCUT2D eigenvalue weighted by molar-refractivity contribution is 7.86. The molecule has 2 aromatic carbocycles. The van der Waals surface area contributed by atoms with E-state index in [1.165, 1.54) is 10.6 Å². The minimum Gasteiger partial charge on any atom is -0.378 e. The summed E-state index contributed by atoms with van der Waals surface area (Å²) < 4.78 is 44.4. The minimum atomic E-state index is -4.13. The van der Waals surface area contributed by atoms with Crippen LogP contribution in [-0.4, -0.2) is 47.2 Å².